The van der Waals surface area contributed by atoms with Crippen molar-refractivity contribution in [1.82, 2.24) is 0 Å². The highest BCUT2D eigenvalue weighted by atomic mass is 16.1. The minimum absolute atomic E-state index is 0.0548. The summed E-state index contributed by atoms with van der Waals surface area (Å²) in [5.41, 5.74) is 3.28. The van der Waals surface area contributed by atoms with Gasteiger partial charge in [-0.05, 0) is 31.2 Å². The van der Waals surface area contributed by atoms with Crippen LogP contribution < -0.4 is 10.6 Å². The van der Waals surface area contributed by atoms with Crippen LogP contribution in [0.1, 0.15) is 17.5 Å². The number of nitrogens with one attached hydrogen (secondary N) is 2. The van der Waals surface area contributed by atoms with Gasteiger partial charge in [0.05, 0.1) is 11.3 Å². The smallest absolute Gasteiger partial charge is 0.226 e. The van der Waals surface area contributed by atoms with Crippen LogP contribution in [0.25, 0.3) is 0 Å². The number of nitrogens with zero attached hydrogens (tertiary/aromatic N) is 1. The topological polar surface area (TPSA) is 64.9 Å². The molecule has 0 aliphatic rings. The van der Waals surface area contributed by atoms with Crippen molar-refractivity contribution in [3.63, 3.8) is 0 Å². The molecule has 2 aromatic rings. The van der Waals surface area contributed by atoms with Gasteiger partial charge in [-0.3, -0.25) is 4.79 Å². The number of aryl methyl sites for hydroxylation is 1. The minimum atomic E-state index is -0.0548. The molecule has 0 atom stereocenters. The van der Waals surface area contributed by atoms with Crippen LogP contribution in [0.4, 0.5) is 11.4 Å². The molecule has 0 heterocycles. The molecule has 2 N–H and O–H groups in total. The number of rotatable bonds is 5. The zero-order valence-corrected chi connectivity index (χ0v) is 11.9. The maximum atomic E-state index is 11.8. The number of benzene rings is 2. The lowest BCUT2D eigenvalue weighted by Gasteiger charge is -2.08. The third kappa shape index (κ3) is 4.36. The largest absolute Gasteiger partial charge is 0.383 e. The van der Waals surface area contributed by atoms with Crippen molar-refractivity contribution in [3.8, 4) is 6.07 Å². The molecule has 106 valence electrons. The Bertz CT molecular complexity index is 656. The molecule has 21 heavy (non-hydrogen) atoms. The van der Waals surface area contributed by atoms with E-state index in [4.69, 9.17) is 5.26 Å². The first-order chi connectivity index (χ1) is 10.2. The van der Waals surface area contributed by atoms with Crippen LogP contribution in [0.3, 0.4) is 0 Å². The second kappa shape index (κ2) is 7.11. The molecule has 0 aliphatic heterocycles. The molecule has 2 rings (SSSR count). The summed E-state index contributed by atoms with van der Waals surface area (Å²) in [7, 11) is 0. The Morgan fingerprint density at radius 3 is 2.57 bits per heavy atom. The van der Waals surface area contributed by atoms with Crippen molar-refractivity contribution in [2.24, 2.45) is 0 Å². The van der Waals surface area contributed by atoms with Crippen LogP contribution in [0.5, 0.6) is 0 Å². The molecule has 4 nitrogen and oxygen atoms in total. The van der Waals surface area contributed by atoms with Crippen LogP contribution in [-0.4, -0.2) is 12.5 Å². The average Bonchev–Trinajstić information content (AvgIpc) is 2.50. The predicted molar refractivity (Wildman–Crippen MR) is 84.1 cm³/mol. The fourth-order valence-electron chi connectivity index (χ4n) is 1.91. The maximum absolute atomic E-state index is 11.8. The number of anilines is 2. The van der Waals surface area contributed by atoms with E-state index in [1.807, 2.05) is 49.4 Å². The summed E-state index contributed by atoms with van der Waals surface area (Å²) in [5.74, 6) is -0.0548. The zero-order valence-electron chi connectivity index (χ0n) is 11.9. The third-order valence-corrected chi connectivity index (χ3v) is 3.05. The summed E-state index contributed by atoms with van der Waals surface area (Å²) in [6, 6.07) is 17.0. The highest BCUT2D eigenvalue weighted by Crippen LogP contribution is 2.13. The molecule has 0 fully saturated rings. The SMILES string of the molecule is Cc1ccc(NC(=O)CCNc2ccccc2C#N)cc1. The molecule has 2 aromatic carbocycles. The Morgan fingerprint density at radius 1 is 1.14 bits per heavy atom. The van der Waals surface area contributed by atoms with Crippen molar-refractivity contribution < 1.29 is 4.79 Å². The lowest BCUT2D eigenvalue weighted by molar-refractivity contribution is -0.115. The van der Waals surface area contributed by atoms with Gasteiger partial charge in [-0.25, -0.2) is 0 Å². The van der Waals surface area contributed by atoms with E-state index in [0.29, 0.717) is 18.5 Å². The minimum Gasteiger partial charge on any atom is -0.383 e. The van der Waals surface area contributed by atoms with Crippen molar-refractivity contribution in [3.05, 3.63) is 59.7 Å². The Kier molecular flexibility index (Phi) is 4.94. The van der Waals surface area contributed by atoms with Gasteiger partial charge < -0.3 is 10.6 Å². The van der Waals surface area contributed by atoms with E-state index >= 15 is 0 Å². The second-order valence-electron chi connectivity index (χ2n) is 4.75. The highest BCUT2D eigenvalue weighted by molar-refractivity contribution is 5.91. The Balaban J connectivity index is 1.82. The van der Waals surface area contributed by atoms with Crippen molar-refractivity contribution in [2.75, 3.05) is 17.2 Å². The number of nitriles is 1. The molecular formula is C17H17N3O. The summed E-state index contributed by atoms with van der Waals surface area (Å²) in [4.78, 5) is 11.8. The number of hydrogen-bond acceptors (Lipinski definition) is 3. The van der Waals surface area contributed by atoms with E-state index in [0.717, 1.165) is 16.9 Å². The van der Waals surface area contributed by atoms with Crippen molar-refractivity contribution in [1.29, 1.82) is 5.26 Å². The molecule has 1 amide bonds. The zero-order chi connectivity index (χ0) is 15.1. The van der Waals surface area contributed by atoms with E-state index in [1.165, 1.54) is 0 Å². The summed E-state index contributed by atoms with van der Waals surface area (Å²) >= 11 is 0. The van der Waals surface area contributed by atoms with Crippen LogP contribution in [-0.2, 0) is 4.79 Å². The van der Waals surface area contributed by atoms with Gasteiger partial charge in [-0.1, -0.05) is 29.8 Å². The molecule has 0 saturated carbocycles. The summed E-state index contributed by atoms with van der Waals surface area (Å²) in [6.07, 6.45) is 0.341. The first-order valence-corrected chi connectivity index (χ1v) is 6.78. The van der Waals surface area contributed by atoms with Gasteiger partial charge in [0.15, 0.2) is 0 Å². The van der Waals surface area contributed by atoms with Crippen LogP contribution >= 0.6 is 0 Å². The standard InChI is InChI=1S/C17H17N3O/c1-13-6-8-15(9-7-13)20-17(21)10-11-19-16-5-3-2-4-14(16)12-18/h2-9,19H,10-11H2,1H3,(H,20,21). The molecule has 0 aromatic heterocycles. The van der Waals surface area contributed by atoms with Crippen molar-refractivity contribution in [2.45, 2.75) is 13.3 Å². The van der Waals surface area contributed by atoms with Gasteiger partial charge in [0.2, 0.25) is 5.91 Å². The number of carbonyl (C=O) groups is 1. The second-order valence-corrected chi connectivity index (χ2v) is 4.75. The van der Waals surface area contributed by atoms with Gasteiger partial charge in [-0.15, -0.1) is 0 Å². The number of hydrogen-bond donors (Lipinski definition) is 2. The highest BCUT2D eigenvalue weighted by Gasteiger charge is 2.04. The van der Waals surface area contributed by atoms with Crippen LogP contribution in [0, 0.1) is 18.3 Å². The van der Waals surface area contributed by atoms with E-state index in [2.05, 4.69) is 16.7 Å². The molecule has 0 aliphatic carbocycles. The van der Waals surface area contributed by atoms with Gasteiger partial charge >= 0.3 is 0 Å². The summed E-state index contributed by atoms with van der Waals surface area (Å²) in [5, 5.41) is 14.9. The first-order valence-electron chi connectivity index (χ1n) is 6.78. The molecule has 0 saturated heterocycles. The number of amides is 1. The lowest BCUT2D eigenvalue weighted by atomic mass is 10.2. The summed E-state index contributed by atoms with van der Waals surface area (Å²) in [6.45, 7) is 2.48. The quantitative estimate of drug-likeness (QED) is 0.882. The molecule has 4 heteroatoms. The number of carbonyl (C=O) groups excluding carboxylic acids is 1. The van der Waals surface area contributed by atoms with Gasteiger partial charge in [0, 0.05) is 18.7 Å². The van der Waals surface area contributed by atoms with E-state index < -0.39 is 0 Å². The first kappa shape index (κ1) is 14.6. The molecule has 0 spiro atoms. The number of para-hydroxylation sites is 1. The Labute approximate surface area is 124 Å². The normalized spacial score (nSPS) is 9.71. The summed E-state index contributed by atoms with van der Waals surface area (Å²) < 4.78 is 0. The lowest BCUT2D eigenvalue weighted by Crippen LogP contribution is -2.16. The predicted octanol–water partition coefficient (Wildman–Crippen LogP) is 3.31. The van der Waals surface area contributed by atoms with Gasteiger partial charge in [-0.2, -0.15) is 5.26 Å². The van der Waals surface area contributed by atoms with Gasteiger partial charge in [0.1, 0.15) is 6.07 Å². The Hall–Kier alpha value is -2.80. The molecular weight excluding hydrogens is 262 g/mol. The Morgan fingerprint density at radius 2 is 1.86 bits per heavy atom. The fraction of sp³-hybridized carbons (Fsp3) is 0.176. The average molecular weight is 279 g/mol. The van der Waals surface area contributed by atoms with Crippen molar-refractivity contribution >= 4 is 17.3 Å². The molecule has 0 radical (unpaired) electrons. The fourth-order valence-corrected chi connectivity index (χ4v) is 1.91. The van der Waals surface area contributed by atoms with Crippen LogP contribution in [0.2, 0.25) is 0 Å². The van der Waals surface area contributed by atoms with E-state index in [9.17, 15) is 4.79 Å². The van der Waals surface area contributed by atoms with Gasteiger partial charge in [0.25, 0.3) is 0 Å². The van der Waals surface area contributed by atoms with Crippen LogP contribution in [0.15, 0.2) is 48.5 Å². The third-order valence-electron chi connectivity index (χ3n) is 3.05. The molecule has 0 unspecified atom stereocenters. The van der Waals surface area contributed by atoms with E-state index in [1.54, 1.807) is 6.07 Å². The monoisotopic (exact) mass is 279 g/mol. The maximum Gasteiger partial charge on any atom is 0.226 e. The van der Waals surface area contributed by atoms with E-state index in [-0.39, 0.29) is 5.91 Å². The molecule has 0 bridgehead atoms.